The van der Waals surface area contributed by atoms with E-state index in [1.807, 2.05) is 18.2 Å². The normalized spacial score (nSPS) is 12.4. The molecule has 0 radical (unpaired) electrons. The van der Waals surface area contributed by atoms with E-state index in [9.17, 15) is 22.8 Å². The van der Waals surface area contributed by atoms with Crippen LogP contribution in [0, 0.1) is 0 Å². The van der Waals surface area contributed by atoms with Gasteiger partial charge in [0.2, 0.25) is 0 Å². The quantitative estimate of drug-likeness (QED) is 0.684. The van der Waals surface area contributed by atoms with Gasteiger partial charge in [-0.2, -0.15) is 18.3 Å². The lowest BCUT2D eigenvalue weighted by Crippen LogP contribution is -2.39. The van der Waals surface area contributed by atoms with Gasteiger partial charge in [-0.25, -0.2) is 4.79 Å². The summed E-state index contributed by atoms with van der Waals surface area (Å²) in [6.45, 7) is 0. The second kappa shape index (κ2) is 8.56. The van der Waals surface area contributed by atoms with E-state index in [0.717, 1.165) is 16.4 Å². The Morgan fingerprint density at radius 2 is 1.93 bits per heavy atom. The van der Waals surface area contributed by atoms with E-state index in [2.05, 4.69) is 15.7 Å². The fraction of sp³-hybridized carbons (Fsp3) is 0.353. The van der Waals surface area contributed by atoms with Crippen molar-refractivity contribution in [1.29, 1.82) is 0 Å². The molecular weight excluding hydrogens is 365 g/mol. The van der Waals surface area contributed by atoms with Crippen LogP contribution in [0.2, 0.25) is 0 Å². The molecule has 1 atom stereocenters. The lowest BCUT2D eigenvalue weighted by Gasteiger charge is -2.19. The third kappa shape index (κ3) is 6.32. The number of nitrogens with zero attached hydrogens (tertiary/aromatic N) is 2. The summed E-state index contributed by atoms with van der Waals surface area (Å²) in [4.78, 5) is 23.0. The number of carbonyl (C=O) groups is 2. The number of rotatable bonds is 7. The van der Waals surface area contributed by atoms with Gasteiger partial charge < -0.3 is 15.7 Å². The first-order valence-corrected chi connectivity index (χ1v) is 8.09. The summed E-state index contributed by atoms with van der Waals surface area (Å²) in [5, 5.41) is 16.9. The number of aromatic nitrogens is 2. The first-order chi connectivity index (χ1) is 12.6. The van der Waals surface area contributed by atoms with E-state index in [4.69, 9.17) is 5.11 Å². The number of halogens is 3. The summed E-state index contributed by atoms with van der Waals surface area (Å²) in [6, 6.07) is 7.63. The topological polar surface area (TPSA) is 96.2 Å². The third-order valence-electron chi connectivity index (χ3n) is 3.71. The first-order valence-electron chi connectivity index (χ1n) is 8.09. The number of hydrogen-bond acceptors (Lipinski definition) is 3. The number of aryl methyl sites for hydroxylation is 1. The van der Waals surface area contributed by atoms with Crippen LogP contribution in [0.15, 0.2) is 36.5 Å². The van der Waals surface area contributed by atoms with Crippen molar-refractivity contribution in [3.8, 4) is 0 Å². The van der Waals surface area contributed by atoms with Gasteiger partial charge in [0.05, 0.1) is 5.69 Å². The number of amides is 2. The molecule has 1 aromatic heterocycles. The Morgan fingerprint density at radius 3 is 2.52 bits per heavy atom. The number of benzene rings is 1. The van der Waals surface area contributed by atoms with Crippen LogP contribution in [-0.2, 0) is 24.4 Å². The van der Waals surface area contributed by atoms with E-state index < -0.39 is 35.6 Å². The van der Waals surface area contributed by atoms with Crippen molar-refractivity contribution in [2.75, 3.05) is 5.32 Å². The van der Waals surface area contributed by atoms with E-state index in [-0.39, 0.29) is 12.8 Å². The maximum Gasteiger partial charge on any atom is 0.437 e. The van der Waals surface area contributed by atoms with Crippen LogP contribution < -0.4 is 10.6 Å². The molecule has 0 bridgehead atoms. The lowest BCUT2D eigenvalue weighted by atomic mass is 10.0. The molecule has 0 aliphatic carbocycles. The second-order valence-corrected chi connectivity index (χ2v) is 5.98. The molecule has 0 saturated heterocycles. The van der Waals surface area contributed by atoms with Gasteiger partial charge in [-0.3, -0.25) is 9.48 Å². The summed E-state index contributed by atoms with van der Waals surface area (Å²) < 4.78 is 39.8. The predicted molar refractivity (Wildman–Crippen MR) is 91.2 cm³/mol. The van der Waals surface area contributed by atoms with Crippen molar-refractivity contribution in [3.63, 3.8) is 0 Å². The Hall–Kier alpha value is -3.04. The van der Waals surface area contributed by atoms with E-state index in [0.29, 0.717) is 6.42 Å². The molecule has 0 fully saturated rings. The molecule has 0 aliphatic rings. The smallest absolute Gasteiger partial charge is 0.437 e. The van der Waals surface area contributed by atoms with Crippen LogP contribution in [0.4, 0.5) is 23.7 Å². The van der Waals surface area contributed by atoms with E-state index in [1.165, 1.54) is 7.05 Å². The highest BCUT2D eigenvalue weighted by Gasteiger charge is 2.37. The summed E-state index contributed by atoms with van der Waals surface area (Å²) in [5.74, 6) is -1.03. The maximum atomic E-state index is 13.0. The van der Waals surface area contributed by atoms with Gasteiger partial charge in [0.15, 0.2) is 5.69 Å². The molecule has 1 heterocycles. The monoisotopic (exact) mass is 384 g/mol. The van der Waals surface area contributed by atoms with Crippen molar-refractivity contribution in [2.24, 2.45) is 7.05 Å². The molecule has 0 aliphatic heterocycles. The Kier molecular flexibility index (Phi) is 6.43. The van der Waals surface area contributed by atoms with Gasteiger partial charge in [0.1, 0.15) is 0 Å². The summed E-state index contributed by atoms with van der Waals surface area (Å²) in [7, 11) is 1.31. The van der Waals surface area contributed by atoms with Gasteiger partial charge >= 0.3 is 18.2 Å². The third-order valence-corrected chi connectivity index (χ3v) is 3.71. The van der Waals surface area contributed by atoms with Crippen LogP contribution >= 0.6 is 0 Å². The molecule has 1 aromatic carbocycles. The van der Waals surface area contributed by atoms with Crippen LogP contribution in [0.1, 0.15) is 24.1 Å². The highest BCUT2D eigenvalue weighted by atomic mass is 19.4. The molecule has 7 nitrogen and oxygen atoms in total. The predicted octanol–water partition coefficient (Wildman–Crippen LogP) is 3.04. The van der Waals surface area contributed by atoms with Crippen LogP contribution in [-0.4, -0.2) is 32.9 Å². The lowest BCUT2D eigenvalue weighted by molar-refractivity contribution is -0.141. The summed E-state index contributed by atoms with van der Waals surface area (Å²) in [6.07, 6.45) is -3.36. The maximum absolute atomic E-state index is 13.0. The fourth-order valence-electron chi connectivity index (χ4n) is 2.55. The molecule has 3 N–H and O–H groups in total. The van der Waals surface area contributed by atoms with Gasteiger partial charge in [-0.05, 0) is 18.4 Å². The van der Waals surface area contributed by atoms with Crippen molar-refractivity contribution in [3.05, 3.63) is 47.8 Å². The average molecular weight is 384 g/mol. The largest absolute Gasteiger partial charge is 0.481 e. The standard InChI is InChI=1S/C17H19F3N4O3/c1-24-10-13(15(23-24)17(18,19)20)22-16(27)21-12(7-8-14(25)26)9-11-5-3-2-4-6-11/h2-6,10,12H,7-9H2,1H3,(H,25,26)(H2,21,22,27). The summed E-state index contributed by atoms with van der Waals surface area (Å²) >= 11 is 0. The molecule has 146 valence electrons. The van der Waals surface area contributed by atoms with Gasteiger partial charge in [0.25, 0.3) is 0 Å². The van der Waals surface area contributed by atoms with Crippen molar-refractivity contribution in [1.82, 2.24) is 15.1 Å². The molecule has 2 amide bonds. The first kappa shape index (κ1) is 20.3. The molecule has 1 unspecified atom stereocenters. The molecule has 0 spiro atoms. The fourth-order valence-corrected chi connectivity index (χ4v) is 2.55. The number of carbonyl (C=O) groups excluding carboxylic acids is 1. The number of carboxylic acids is 1. The minimum Gasteiger partial charge on any atom is -0.481 e. The SMILES string of the molecule is Cn1cc(NC(=O)NC(CCC(=O)O)Cc2ccccc2)c(C(F)(F)F)n1. The number of aliphatic carboxylic acids is 1. The van der Waals surface area contributed by atoms with Crippen molar-refractivity contribution >= 4 is 17.7 Å². The minimum atomic E-state index is -4.71. The number of carboxylic acid groups (broad SMARTS) is 1. The number of alkyl halides is 3. The van der Waals surface area contributed by atoms with Crippen LogP contribution in [0.3, 0.4) is 0 Å². The zero-order valence-electron chi connectivity index (χ0n) is 14.5. The molecule has 10 heteroatoms. The van der Waals surface area contributed by atoms with E-state index >= 15 is 0 Å². The molecule has 2 rings (SSSR count). The van der Waals surface area contributed by atoms with Gasteiger partial charge in [0, 0.05) is 25.7 Å². The van der Waals surface area contributed by atoms with Gasteiger partial charge in [-0.15, -0.1) is 0 Å². The number of hydrogen-bond donors (Lipinski definition) is 3. The molecule has 27 heavy (non-hydrogen) atoms. The Balaban J connectivity index is 2.08. The minimum absolute atomic E-state index is 0.136. The molecule has 0 saturated carbocycles. The second-order valence-electron chi connectivity index (χ2n) is 5.98. The van der Waals surface area contributed by atoms with Crippen LogP contribution in [0.25, 0.3) is 0 Å². The average Bonchev–Trinajstić information content (AvgIpc) is 2.94. The Bertz CT molecular complexity index is 790. The van der Waals surface area contributed by atoms with Crippen molar-refractivity contribution < 1.29 is 27.9 Å². The zero-order valence-corrected chi connectivity index (χ0v) is 14.5. The number of anilines is 1. The van der Waals surface area contributed by atoms with Gasteiger partial charge in [-0.1, -0.05) is 30.3 Å². The number of urea groups is 1. The van der Waals surface area contributed by atoms with Crippen LogP contribution in [0.5, 0.6) is 0 Å². The Morgan fingerprint density at radius 1 is 1.26 bits per heavy atom. The molecular formula is C17H19F3N4O3. The summed E-state index contributed by atoms with van der Waals surface area (Å²) in [5.41, 5.74) is -0.810. The van der Waals surface area contributed by atoms with E-state index in [1.54, 1.807) is 12.1 Å². The highest BCUT2D eigenvalue weighted by Crippen LogP contribution is 2.33. The molecule has 2 aromatic rings. The zero-order chi connectivity index (χ0) is 20.0. The van der Waals surface area contributed by atoms with Crippen molar-refractivity contribution in [2.45, 2.75) is 31.5 Å². The Labute approximate surface area is 153 Å². The number of nitrogens with one attached hydrogen (secondary N) is 2. The highest BCUT2D eigenvalue weighted by molar-refractivity contribution is 5.90.